The summed E-state index contributed by atoms with van der Waals surface area (Å²) in [6, 6.07) is 2.19. The van der Waals surface area contributed by atoms with E-state index >= 15 is 0 Å². The second-order valence-corrected chi connectivity index (χ2v) is 4.38. The third-order valence-corrected chi connectivity index (χ3v) is 3.41. The van der Waals surface area contributed by atoms with E-state index in [0.717, 1.165) is 19.5 Å². The Kier molecular flexibility index (Phi) is 2.33. The van der Waals surface area contributed by atoms with Gasteiger partial charge >= 0.3 is 0 Å². The third kappa shape index (κ3) is 1.61. The Balaban J connectivity index is 1.99. The number of nitrogens with zero attached hydrogens (tertiary/aromatic N) is 2. The van der Waals surface area contributed by atoms with Crippen molar-refractivity contribution < 1.29 is 0 Å². The number of rotatable bonds is 1. The van der Waals surface area contributed by atoms with Crippen molar-refractivity contribution in [2.45, 2.75) is 25.8 Å². The van der Waals surface area contributed by atoms with E-state index in [1.807, 2.05) is 6.20 Å². The van der Waals surface area contributed by atoms with Crippen molar-refractivity contribution in [2.24, 2.45) is 0 Å². The number of nitrogens with one attached hydrogen (secondary N) is 1. The highest BCUT2D eigenvalue weighted by Crippen LogP contribution is 2.27. The van der Waals surface area contributed by atoms with Gasteiger partial charge in [0.2, 0.25) is 0 Å². The van der Waals surface area contributed by atoms with Crippen LogP contribution in [-0.2, 0) is 13.0 Å². The minimum Gasteiger partial charge on any atom is -0.371 e. The summed E-state index contributed by atoms with van der Waals surface area (Å²) in [6.45, 7) is 4.49. The molecule has 3 nitrogen and oxygen atoms in total. The van der Waals surface area contributed by atoms with Gasteiger partial charge in [-0.2, -0.15) is 0 Å². The van der Waals surface area contributed by atoms with Crippen molar-refractivity contribution in [1.29, 1.82) is 0 Å². The van der Waals surface area contributed by atoms with Crippen LogP contribution in [0.15, 0.2) is 12.3 Å². The molecule has 0 bridgehead atoms. The van der Waals surface area contributed by atoms with Gasteiger partial charge in [-0.25, -0.2) is 0 Å². The molecule has 2 aliphatic heterocycles. The number of fused-ring (bicyclic) bond motifs is 1. The monoisotopic (exact) mass is 203 g/mol. The van der Waals surface area contributed by atoms with Gasteiger partial charge in [-0.05, 0) is 37.4 Å². The van der Waals surface area contributed by atoms with Crippen molar-refractivity contribution in [3.05, 3.63) is 23.5 Å². The van der Waals surface area contributed by atoms with E-state index in [-0.39, 0.29) is 0 Å². The smallest absolute Gasteiger partial charge is 0.0594 e. The lowest BCUT2D eigenvalue weighted by atomic mass is 10.0. The van der Waals surface area contributed by atoms with Gasteiger partial charge in [0.25, 0.3) is 0 Å². The average Bonchev–Trinajstić information content (AvgIpc) is 2.82. The molecule has 0 aromatic carbocycles. The van der Waals surface area contributed by atoms with E-state index < -0.39 is 0 Å². The van der Waals surface area contributed by atoms with E-state index in [4.69, 9.17) is 0 Å². The molecular formula is C12H17N3. The van der Waals surface area contributed by atoms with Crippen molar-refractivity contribution in [1.82, 2.24) is 10.3 Å². The van der Waals surface area contributed by atoms with Crippen LogP contribution in [0.25, 0.3) is 0 Å². The molecule has 0 atom stereocenters. The molecule has 1 aromatic heterocycles. The first kappa shape index (κ1) is 9.16. The summed E-state index contributed by atoms with van der Waals surface area (Å²) < 4.78 is 0. The summed E-state index contributed by atoms with van der Waals surface area (Å²) in [4.78, 5) is 6.98. The molecule has 3 heterocycles. The molecule has 1 fully saturated rings. The normalized spacial score (nSPS) is 20.4. The number of aromatic nitrogens is 1. The SMILES string of the molecule is c1cc(N2CCCC2)c2c(n1)CNCC2. The number of pyridine rings is 1. The van der Waals surface area contributed by atoms with Crippen molar-refractivity contribution in [3.63, 3.8) is 0 Å². The third-order valence-electron chi connectivity index (χ3n) is 3.41. The molecule has 3 heteroatoms. The summed E-state index contributed by atoms with van der Waals surface area (Å²) in [5, 5.41) is 3.38. The Morgan fingerprint density at radius 1 is 1.27 bits per heavy atom. The molecule has 0 aliphatic carbocycles. The fraction of sp³-hybridized carbons (Fsp3) is 0.583. The molecule has 1 aromatic rings. The Morgan fingerprint density at radius 3 is 3.00 bits per heavy atom. The van der Waals surface area contributed by atoms with Gasteiger partial charge in [-0.1, -0.05) is 0 Å². The predicted molar refractivity (Wildman–Crippen MR) is 61.1 cm³/mol. The summed E-state index contributed by atoms with van der Waals surface area (Å²) in [5.74, 6) is 0. The van der Waals surface area contributed by atoms with Crippen LogP contribution in [-0.4, -0.2) is 24.6 Å². The highest BCUT2D eigenvalue weighted by Gasteiger charge is 2.19. The molecular weight excluding hydrogens is 186 g/mol. The number of hydrogen-bond donors (Lipinski definition) is 1. The van der Waals surface area contributed by atoms with Crippen LogP contribution in [0.1, 0.15) is 24.1 Å². The zero-order chi connectivity index (χ0) is 10.1. The molecule has 0 amide bonds. The molecule has 1 saturated heterocycles. The van der Waals surface area contributed by atoms with Crippen LogP contribution in [0.5, 0.6) is 0 Å². The second kappa shape index (κ2) is 3.81. The summed E-state index contributed by atoms with van der Waals surface area (Å²) in [6.07, 6.45) is 5.78. The van der Waals surface area contributed by atoms with Gasteiger partial charge in [0, 0.05) is 31.5 Å². The fourth-order valence-electron chi connectivity index (χ4n) is 2.62. The van der Waals surface area contributed by atoms with Crippen LogP contribution in [0.2, 0.25) is 0 Å². The van der Waals surface area contributed by atoms with Crippen LogP contribution >= 0.6 is 0 Å². The quantitative estimate of drug-likeness (QED) is 0.746. The lowest BCUT2D eigenvalue weighted by molar-refractivity contribution is 0.626. The first-order valence-corrected chi connectivity index (χ1v) is 5.87. The second-order valence-electron chi connectivity index (χ2n) is 4.38. The molecule has 3 rings (SSSR count). The maximum atomic E-state index is 4.46. The van der Waals surface area contributed by atoms with Crippen LogP contribution in [0.4, 0.5) is 5.69 Å². The van der Waals surface area contributed by atoms with Crippen LogP contribution < -0.4 is 10.2 Å². The molecule has 1 N–H and O–H groups in total. The van der Waals surface area contributed by atoms with Gasteiger partial charge in [-0.3, -0.25) is 4.98 Å². The highest BCUT2D eigenvalue weighted by atomic mass is 15.1. The number of anilines is 1. The molecule has 80 valence electrons. The van der Waals surface area contributed by atoms with Crippen LogP contribution in [0, 0.1) is 0 Å². The number of hydrogen-bond acceptors (Lipinski definition) is 3. The molecule has 15 heavy (non-hydrogen) atoms. The van der Waals surface area contributed by atoms with E-state index in [9.17, 15) is 0 Å². The molecule has 0 unspecified atom stereocenters. The molecule has 2 aliphatic rings. The Bertz CT molecular complexity index is 356. The summed E-state index contributed by atoms with van der Waals surface area (Å²) >= 11 is 0. The topological polar surface area (TPSA) is 28.2 Å². The Hall–Kier alpha value is -1.09. The van der Waals surface area contributed by atoms with Gasteiger partial charge < -0.3 is 10.2 Å². The maximum absolute atomic E-state index is 4.46. The minimum atomic E-state index is 0.941. The Morgan fingerprint density at radius 2 is 2.13 bits per heavy atom. The summed E-state index contributed by atoms with van der Waals surface area (Å²) in [5.41, 5.74) is 4.18. The molecule has 0 spiro atoms. The van der Waals surface area contributed by atoms with E-state index in [0.29, 0.717) is 0 Å². The molecule has 0 radical (unpaired) electrons. The summed E-state index contributed by atoms with van der Waals surface area (Å²) in [7, 11) is 0. The van der Waals surface area contributed by atoms with Crippen LogP contribution in [0.3, 0.4) is 0 Å². The van der Waals surface area contributed by atoms with Gasteiger partial charge in [0.05, 0.1) is 5.69 Å². The maximum Gasteiger partial charge on any atom is 0.0594 e. The minimum absolute atomic E-state index is 0.941. The lowest BCUT2D eigenvalue weighted by Crippen LogP contribution is -2.28. The fourth-order valence-corrected chi connectivity index (χ4v) is 2.62. The highest BCUT2D eigenvalue weighted by molar-refractivity contribution is 5.56. The van der Waals surface area contributed by atoms with Crippen molar-refractivity contribution in [3.8, 4) is 0 Å². The van der Waals surface area contributed by atoms with Crippen molar-refractivity contribution in [2.75, 3.05) is 24.5 Å². The van der Waals surface area contributed by atoms with E-state index in [2.05, 4.69) is 21.3 Å². The first-order chi connectivity index (χ1) is 7.45. The van der Waals surface area contributed by atoms with E-state index in [1.165, 1.54) is 42.9 Å². The lowest BCUT2D eigenvalue weighted by Gasteiger charge is -2.25. The average molecular weight is 203 g/mol. The van der Waals surface area contributed by atoms with Gasteiger partial charge in [0.1, 0.15) is 0 Å². The van der Waals surface area contributed by atoms with Gasteiger partial charge in [-0.15, -0.1) is 0 Å². The predicted octanol–water partition coefficient (Wildman–Crippen LogP) is 1.33. The molecule has 0 saturated carbocycles. The Labute approximate surface area is 90.5 Å². The van der Waals surface area contributed by atoms with E-state index in [1.54, 1.807) is 0 Å². The largest absolute Gasteiger partial charge is 0.371 e. The zero-order valence-corrected chi connectivity index (χ0v) is 9.00. The standard InChI is InChI=1S/C12H17N3/c1-2-8-15(7-1)12-4-6-14-11-9-13-5-3-10(11)12/h4,6,13H,1-3,5,7-9H2. The van der Waals surface area contributed by atoms with Gasteiger partial charge in [0.15, 0.2) is 0 Å². The first-order valence-electron chi connectivity index (χ1n) is 5.87. The zero-order valence-electron chi connectivity index (χ0n) is 9.00. The van der Waals surface area contributed by atoms with Crippen molar-refractivity contribution >= 4 is 5.69 Å².